The number of aliphatic hydroxyl groups excluding tert-OH is 1. The standard InChI is InChI=1S/C15H23BrOS/c1-10-4-5-11(13(17)8-10)15(2,3)9-14-12(16)6-7-18-14/h6-7,10-11,13,17H,4-5,8-9H2,1-3H3. The second kappa shape index (κ2) is 5.64. The summed E-state index contributed by atoms with van der Waals surface area (Å²) in [6.45, 7) is 6.87. The fourth-order valence-electron chi connectivity index (χ4n) is 3.26. The van der Waals surface area contributed by atoms with Crippen LogP contribution in [0.15, 0.2) is 15.9 Å². The maximum atomic E-state index is 10.4. The highest BCUT2D eigenvalue weighted by Gasteiger charge is 2.38. The fourth-order valence-corrected chi connectivity index (χ4v) is 4.99. The lowest BCUT2D eigenvalue weighted by Gasteiger charge is -2.42. The van der Waals surface area contributed by atoms with Gasteiger partial charge in [0.05, 0.1) is 6.10 Å². The van der Waals surface area contributed by atoms with E-state index in [1.54, 1.807) is 0 Å². The first-order valence-electron chi connectivity index (χ1n) is 6.80. The molecule has 0 radical (unpaired) electrons. The van der Waals surface area contributed by atoms with Crippen LogP contribution in [-0.2, 0) is 6.42 Å². The van der Waals surface area contributed by atoms with Crippen LogP contribution in [0.5, 0.6) is 0 Å². The lowest BCUT2D eigenvalue weighted by molar-refractivity contribution is -0.0123. The molecule has 1 N–H and O–H groups in total. The van der Waals surface area contributed by atoms with E-state index >= 15 is 0 Å². The van der Waals surface area contributed by atoms with Crippen LogP contribution in [0.4, 0.5) is 0 Å². The summed E-state index contributed by atoms with van der Waals surface area (Å²) in [4.78, 5) is 1.41. The second-order valence-corrected chi connectivity index (χ2v) is 8.30. The molecule has 1 saturated carbocycles. The molecule has 0 saturated heterocycles. The number of halogens is 1. The van der Waals surface area contributed by atoms with Crippen molar-refractivity contribution in [3.63, 3.8) is 0 Å². The first-order chi connectivity index (χ1) is 8.40. The van der Waals surface area contributed by atoms with Crippen molar-refractivity contribution in [3.8, 4) is 0 Å². The molecule has 0 aliphatic heterocycles. The Kier molecular flexibility index (Phi) is 4.56. The molecule has 1 nitrogen and oxygen atoms in total. The van der Waals surface area contributed by atoms with Crippen LogP contribution in [0.25, 0.3) is 0 Å². The summed E-state index contributed by atoms with van der Waals surface area (Å²) in [5.74, 6) is 1.11. The number of aliphatic hydroxyl groups is 1. The Labute approximate surface area is 123 Å². The maximum absolute atomic E-state index is 10.4. The van der Waals surface area contributed by atoms with Crippen LogP contribution in [0, 0.1) is 17.3 Å². The monoisotopic (exact) mass is 330 g/mol. The van der Waals surface area contributed by atoms with Crippen molar-refractivity contribution >= 4 is 27.3 Å². The zero-order valence-corrected chi connectivity index (χ0v) is 13.9. The van der Waals surface area contributed by atoms with Crippen molar-refractivity contribution in [2.75, 3.05) is 0 Å². The summed E-state index contributed by atoms with van der Waals surface area (Å²) in [7, 11) is 0. The fraction of sp³-hybridized carbons (Fsp3) is 0.733. The molecule has 0 bridgehead atoms. The van der Waals surface area contributed by atoms with Gasteiger partial charge in [-0.05, 0) is 63.9 Å². The molecule has 3 unspecified atom stereocenters. The van der Waals surface area contributed by atoms with Gasteiger partial charge in [0.1, 0.15) is 0 Å². The lowest BCUT2D eigenvalue weighted by atomic mass is 9.66. The molecule has 1 aromatic heterocycles. The lowest BCUT2D eigenvalue weighted by Crippen LogP contribution is -2.39. The Morgan fingerprint density at radius 1 is 1.44 bits per heavy atom. The average Bonchev–Trinajstić information content (AvgIpc) is 2.63. The van der Waals surface area contributed by atoms with Gasteiger partial charge in [-0.15, -0.1) is 11.3 Å². The van der Waals surface area contributed by atoms with Crippen LogP contribution >= 0.6 is 27.3 Å². The Bertz CT molecular complexity index is 399. The van der Waals surface area contributed by atoms with Gasteiger partial charge < -0.3 is 5.11 Å². The molecule has 0 aromatic carbocycles. The summed E-state index contributed by atoms with van der Waals surface area (Å²) >= 11 is 5.43. The molecule has 18 heavy (non-hydrogen) atoms. The number of hydrogen-bond acceptors (Lipinski definition) is 2. The molecule has 1 aliphatic rings. The van der Waals surface area contributed by atoms with Crippen molar-refractivity contribution in [3.05, 3.63) is 20.8 Å². The van der Waals surface area contributed by atoms with Gasteiger partial charge in [-0.25, -0.2) is 0 Å². The van der Waals surface area contributed by atoms with Gasteiger partial charge in [0.2, 0.25) is 0 Å². The third kappa shape index (κ3) is 3.17. The minimum Gasteiger partial charge on any atom is -0.393 e. The van der Waals surface area contributed by atoms with Crippen LogP contribution < -0.4 is 0 Å². The van der Waals surface area contributed by atoms with Gasteiger partial charge in [0.25, 0.3) is 0 Å². The van der Waals surface area contributed by atoms with Gasteiger partial charge in [-0.3, -0.25) is 0 Å². The smallest absolute Gasteiger partial charge is 0.0576 e. The Morgan fingerprint density at radius 3 is 2.72 bits per heavy atom. The van der Waals surface area contributed by atoms with E-state index in [9.17, 15) is 5.11 Å². The Morgan fingerprint density at radius 2 is 2.17 bits per heavy atom. The highest BCUT2D eigenvalue weighted by atomic mass is 79.9. The zero-order valence-electron chi connectivity index (χ0n) is 11.4. The number of hydrogen-bond donors (Lipinski definition) is 1. The summed E-state index contributed by atoms with van der Waals surface area (Å²) < 4.78 is 1.22. The normalized spacial score (nSPS) is 29.5. The van der Waals surface area contributed by atoms with Crippen molar-refractivity contribution in [2.45, 2.75) is 52.6 Å². The first-order valence-corrected chi connectivity index (χ1v) is 8.47. The van der Waals surface area contributed by atoms with Gasteiger partial charge in [0, 0.05) is 9.35 Å². The van der Waals surface area contributed by atoms with Crippen LogP contribution in [0.3, 0.4) is 0 Å². The van der Waals surface area contributed by atoms with Crippen molar-refractivity contribution in [1.82, 2.24) is 0 Å². The van der Waals surface area contributed by atoms with Crippen molar-refractivity contribution in [1.29, 1.82) is 0 Å². The number of thiophene rings is 1. The molecule has 2 rings (SSSR count). The molecule has 3 heteroatoms. The topological polar surface area (TPSA) is 20.2 Å². The van der Waals surface area contributed by atoms with Crippen LogP contribution in [-0.4, -0.2) is 11.2 Å². The SMILES string of the molecule is CC1CCC(C(C)(C)Cc2sccc2Br)C(O)C1. The molecule has 102 valence electrons. The van der Waals surface area contributed by atoms with Crippen molar-refractivity contribution in [2.24, 2.45) is 17.3 Å². The molecule has 1 fully saturated rings. The highest BCUT2D eigenvalue weighted by molar-refractivity contribution is 9.10. The predicted octanol–water partition coefficient (Wildman–Crippen LogP) is 4.88. The third-order valence-electron chi connectivity index (χ3n) is 4.39. The Hall–Kier alpha value is 0.140. The van der Waals surface area contributed by atoms with E-state index in [1.165, 1.54) is 22.2 Å². The first kappa shape index (κ1) is 14.5. The largest absolute Gasteiger partial charge is 0.393 e. The average molecular weight is 331 g/mol. The quantitative estimate of drug-likeness (QED) is 0.837. The molecule has 1 aliphatic carbocycles. The van der Waals surface area contributed by atoms with E-state index < -0.39 is 0 Å². The van der Waals surface area contributed by atoms with E-state index in [0.717, 1.165) is 12.8 Å². The van der Waals surface area contributed by atoms with Crippen molar-refractivity contribution < 1.29 is 5.11 Å². The molecule has 0 spiro atoms. The van der Waals surface area contributed by atoms with E-state index in [2.05, 4.69) is 48.1 Å². The molecular weight excluding hydrogens is 308 g/mol. The van der Waals surface area contributed by atoms with Gasteiger partial charge in [-0.1, -0.05) is 27.2 Å². The summed E-state index contributed by atoms with van der Waals surface area (Å²) in [6.07, 6.45) is 4.33. The van der Waals surface area contributed by atoms with E-state index in [-0.39, 0.29) is 11.5 Å². The molecular formula is C15H23BrOS. The maximum Gasteiger partial charge on any atom is 0.0576 e. The van der Waals surface area contributed by atoms with E-state index in [1.807, 2.05) is 11.3 Å². The molecule has 1 aromatic rings. The van der Waals surface area contributed by atoms with E-state index in [4.69, 9.17) is 0 Å². The van der Waals surface area contributed by atoms with Crippen LogP contribution in [0.1, 0.15) is 44.9 Å². The van der Waals surface area contributed by atoms with Gasteiger partial charge >= 0.3 is 0 Å². The van der Waals surface area contributed by atoms with Gasteiger partial charge in [-0.2, -0.15) is 0 Å². The molecule has 0 amide bonds. The predicted molar refractivity (Wildman–Crippen MR) is 82.0 cm³/mol. The zero-order chi connectivity index (χ0) is 13.3. The number of rotatable bonds is 3. The Balaban J connectivity index is 2.08. The summed E-state index contributed by atoms with van der Waals surface area (Å²) in [6, 6.07) is 2.12. The summed E-state index contributed by atoms with van der Waals surface area (Å²) in [5, 5.41) is 12.5. The van der Waals surface area contributed by atoms with Gasteiger partial charge in [0.15, 0.2) is 0 Å². The molecule has 3 atom stereocenters. The highest BCUT2D eigenvalue weighted by Crippen LogP contribution is 2.43. The molecule has 1 heterocycles. The minimum absolute atomic E-state index is 0.123. The van der Waals surface area contributed by atoms with E-state index in [0.29, 0.717) is 11.8 Å². The third-order valence-corrected chi connectivity index (χ3v) is 6.32. The minimum atomic E-state index is -0.123. The second-order valence-electron chi connectivity index (χ2n) is 6.45. The van der Waals surface area contributed by atoms with Crippen LogP contribution in [0.2, 0.25) is 0 Å². The summed E-state index contributed by atoms with van der Waals surface area (Å²) in [5.41, 5.74) is 0.174.